The van der Waals surface area contributed by atoms with Gasteiger partial charge in [-0.05, 0) is 135 Å². The van der Waals surface area contributed by atoms with Crippen molar-refractivity contribution in [2.75, 3.05) is 0 Å². The summed E-state index contributed by atoms with van der Waals surface area (Å²) in [6, 6.07) is 2.64. The lowest BCUT2D eigenvalue weighted by Crippen LogP contribution is -2.10. The van der Waals surface area contributed by atoms with Crippen LogP contribution in [0, 0.1) is 0 Å². The summed E-state index contributed by atoms with van der Waals surface area (Å²) in [5, 5.41) is 6.34. The minimum atomic E-state index is 1.11. The Morgan fingerprint density at radius 2 is 0.562 bits per heavy atom. The van der Waals surface area contributed by atoms with Crippen LogP contribution in [0.4, 0.5) is 0 Å². The zero-order chi connectivity index (χ0) is 23.6. The van der Waals surface area contributed by atoms with Gasteiger partial charge in [-0.1, -0.05) is 62.3 Å². The largest absolute Gasteiger partial charge is 0.0613 e. The van der Waals surface area contributed by atoms with Gasteiger partial charge in [0.05, 0.1) is 0 Å². The molecule has 0 saturated heterocycles. The second kappa shape index (κ2) is 10.4. The predicted octanol–water partition coefficient (Wildman–Crippen LogP) is 9.05. The van der Waals surface area contributed by atoms with E-state index in [1.54, 1.807) is 71.6 Å². The maximum Gasteiger partial charge on any atom is -0.0108 e. The molecular formula is C32H46. The minimum absolute atomic E-state index is 1.11. The third kappa shape index (κ3) is 3.59. The molecular weight excluding hydrogens is 384 g/mol. The Balaban J connectivity index is 2.79. The molecule has 0 aliphatic heterocycles. The number of hydrogen-bond donors (Lipinski definition) is 0. The Hall–Kier alpha value is -1.82. The molecule has 0 aliphatic rings. The van der Waals surface area contributed by atoms with Crippen LogP contribution in [-0.2, 0) is 57.8 Å². The quantitative estimate of drug-likeness (QED) is 0.297. The molecule has 0 aliphatic carbocycles. The highest BCUT2D eigenvalue weighted by molar-refractivity contribution is 6.09. The zero-order valence-corrected chi connectivity index (χ0v) is 22.4. The van der Waals surface area contributed by atoms with Crippen molar-refractivity contribution in [2.45, 2.75) is 120 Å². The summed E-state index contributed by atoms with van der Waals surface area (Å²) in [6.07, 6.45) is 10.2. The average Bonchev–Trinajstić information content (AvgIpc) is 2.83. The predicted molar refractivity (Wildman–Crippen MR) is 146 cm³/mol. The average molecular weight is 431 g/mol. The molecule has 0 fully saturated rings. The van der Waals surface area contributed by atoms with Crippen LogP contribution < -0.4 is 0 Å². The van der Waals surface area contributed by atoms with Gasteiger partial charge in [0, 0.05) is 0 Å². The maximum absolute atomic E-state index is 2.64. The molecule has 3 rings (SSSR count). The van der Waals surface area contributed by atoms with Gasteiger partial charge in [0.15, 0.2) is 0 Å². The summed E-state index contributed by atoms with van der Waals surface area (Å²) < 4.78 is 0. The molecule has 174 valence electrons. The number of aryl methyl sites for hydroxylation is 5. The van der Waals surface area contributed by atoms with Crippen LogP contribution in [0.5, 0.6) is 0 Å². The molecule has 0 radical (unpaired) electrons. The second-order valence-electron chi connectivity index (χ2n) is 9.21. The van der Waals surface area contributed by atoms with Crippen molar-refractivity contribution in [3.8, 4) is 0 Å². The molecule has 0 saturated carbocycles. The normalized spacial score (nSPS) is 11.8. The van der Waals surface area contributed by atoms with Crippen LogP contribution in [0.2, 0.25) is 0 Å². The van der Waals surface area contributed by atoms with Gasteiger partial charge in [0.1, 0.15) is 0 Å². The first-order chi connectivity index (χ1) is 15.5. The van der Waals surface area contributed by atoms with E-state index in [2.05, 4.69) is 68.4 Å². The fourth-order valence-electron chi connectivity index (χ4n) is 6.91. The number of hydrogen-bond acceptors (Lipinski definition) is 0. The lowest BCUT2D eigenvalue weighted by molar-refractivity contribution is 0.952. The van der Waals surface area contributed by atoms with Gasteiger partial charge in [0.2, 0.25) is 0 Å². The van der Waals surface area contributed by atoms with E-state index in [1.807, 2.05) is 0 Å². The molecule has 0 unspecified atom stereocenters. The molecule has 0 N–H and O–H groups in total. The molecule has 0 atom stereocenters. The third-order valence-corrected chi connectivity index (χ3v) is 8.05. The van der Waals surface area contributed by atoms with E-state index in [4.69, 9.17) is 0 Å². The number of benzene rings is 3. The van der Waals surface area contributed by atoms with Gasteiger partial charge >= 0.3 is 0 Å². The number of fused-ring (bicyclic) bond motifs is 2. The molecule has 32 heavy (non-hydrogen) atoms. The molecule has 0 amide bonds. The van der Waals surface area contributed by atoms with Gasteiger partial charge in [-0.3, -0.25) is 0 Å². The van der Waals surface area contributed by atoms with E-state index in [0.29, 0.717) is 0 Å². The molecule has 0 spiro atoms. The Bertz CT molecular complexity index is 1040. The Morgan fingerprint density at radius 1 is 0.312 bits per heavy atom. The fraction of sp³-hybridized carbons (Fsp3) is 0.562. The third-order valence-electron chi connectivity index (χ3n) is 8.05. The smallest absolute Gasteiger partial charge is 0.0108 e. The van der Waals surface area contributed by atoms with Crippen LogP contribution in [0.1, 0.15) is 112 Å². The van der Waals surface area contributed by atoms with Crippen molar-refractivity contribution in [1.82, 2.24) is 0 Å². The summed E-state index contributed by atoms with van der Waals surface area (Å²) in [5.41, 5.74) is 14.7. The van der Waals surface area contributed by atoms with E-state index >= 15 is 0 Å². The van der Waals surface area contributed by atoms with Crippen molar-refractivity contribution >= 4 is 21.5 Å². The highest BCUT2D eigenvalue weighted by Crippen LogP contribution is 2.43. The molecule has 0 heterocycles. The molecule has 0 aromatic heterocycles. The van der Waals surface area contributed by atoms with Crippen LogP contribution in [0.25, 0.3) is 21.5 Å². The van der Waals surface area contributed by atoms with Crippen LogP contribution in [-0.4, -0.2) is 0 Å². The Kier molecular flexibility index (Phi) is 8.07. The number of rotatable bonds is 9. The first-order valence-electron chi connectivity index (χ1n) is 13.6. The highest BCUT2D eigenvalue weighted by Gasteiger charge is 2.23. The van der Waals surface area contributed by atoms with Crippen molar-refractivity contribution in [3.05, 3.63) is 56.1 Å². The Morgan fingerprint density at radius 3 is 0.812 bits per heavy atom. The van der Waals surface area contributed by atoms with E-state index in [-0.39, 0.29) is 0 Å². The molecule has 3 aromatic rings. The highest BCUT2D eigenvalue weighted by atomic mass is 14.3. The van der Waals surface area contributed by atoms with Crippen LogP contribution in [0.15, 0.2) is 6.07 Å². The fourth-order valence-corrected chi connectivity index (χ4v) is 6.91. The van der Waals surface area contributed by atoms with Gasteiger partial charge < -0.3 is 0 Å². The van der Waals surface area contributed by atoms with Gasteiger partial charge in [0.25, 0.3) is 0 Å². The molecule has 0 bridgehead atoms. The molecule has 0 heteroatoms. The monoisotopic (exact) mass is 430 g/mol. The summed E-state index contributed by atoms with van der Waals surface area (Å²) >= 11 is 0. The summed E-state index contributed by atoms with van der Waals surface area (Å²) in [6.45, 7) is 21.3. The lowest BCUT2D eigenvalue weighted by Gasteiger charge is -2.27. The van der Waals surface area contributed by atoms with Crippen molar-refractivity contribution in [2.24, 2.45) is 0 Å². The second-order valence-corrected chi connectivity index (χ2v) is 9.21. The summed E-state index contributed by atoms with van der Waals surface area (Å²) in [5.74, 6) is 0. The first kappa shape index (κ1) is 24.8. The van der Waals surface area contributed by atoms with E-state index < -0.39 is 0 Å². The first-order valence-corrected chi connectivity index (χ1v) is 13.6. The van der Waals surface area contributed by atoms with E-state index in [9.17, 15) is 0 Å². The zero-order valence-electron chi connectivity index (χ0n) is 22.4. The SMILES string of the molecule is CCc1c(CC)c(CC)c2c(CC)c3c(CC)c(CC)c(CC)c(CC)c3cc2c1CC. The van der Waals surface area contributed by atoms with Crippen molar-refractivity contribution < 1.29 is 0 Å². The summed E-state index contributed by atoms with van der Waals surface area (Å²) in [7, 11) is 0. The molecule has 0 nitrogen and oxygen atoms in total. The van der Waals surface area contributed by atoms with Crippen molar-refractivity contribution in [3.63, 3.8) is 0 Å². The van der Waals surface area contributed by atoms with E-state index in [0.717, 1.165) is 57.8 Å². The van der Waals surface area contributed by atoms with Gasteiger partial charge in [-0.25, -0.2) is 0 Å². The standard InChI is InChI=1S/C32H46/c1-10-20-22(12-3)26(16-7)31-28(18-9)32-27(17-8)23(13-4)21(11-2)25(15-6)30(32)19-29(31)24(20)14-5/h19H,10-18H2,1-9H3. The van der Waals surface area contributed by atoms with Gasteiger partial charge in [-0.2, -0.15) is 0 Å². The van der Waals surface area contributed by atoms with Gasteiger partial charge in [-0.15, -0.1) is 0 Å². The maximum atomic E-state index is 2.64. The van der Waals surface area contributed by atoms with Crippen LogP contribution in [0.3, 0.4) is 0 Å². The van der Waals surface area contributed by atoms with E-state index in [1.165, 1.54) is 0 Å². The van der Waals surface area contributed by atoms with Crippen LogP contribution >= 0.6 is 0 Å². The molecule has 3 aromatic carbocycles. The summed E-state index contributed by atoms with van der Waals surface area (Å²) in [4.78, 5) is 0. The van der Waals surface area contributed by atoms with Crippen molar-refractivity contribution in [1.29, 1.82) is 0 Å². The lowest BCUT2D eigenvalue weighted by atomic mass is 9.77. The minimum Gasteiger partial charge on any atom is -0.0613 e. The topological polar surface area (TPSA) is 0 Å². The Labute approximate surface area is 197 Å².